The van der Waals surface area contributed by atoms with Crippen LogP contribution in [0, 0.1) is 0 Å². The largest absolute Gasteiger partial charge is 0.395 e. The van der Waals surface area contributed by atoms with Crippen LogP contribution in [-0.4, -0.2) is 70.3 Å². The number of aliphatic hydroxyl groups is 1. The predicted molar refractivity (Wildman–Crippen MR) is 88.5 cm³/mol. The number of hydrogen-bond donors (Lipinski definition) is 2. The fraction of sp³-hybridized carbons (Fsp3) is 0.375. The van der Waals surface area contributed by atoms with Crippen LogP contribution in [0.5, 0.6) is 0 Å². The maximum atomic E-state index is 12.5. The van der Waals surface area contributed by atoms with Gasteiger partial charge in [-0.05, 0) is 18.2 Å². The number of nitrogens with zero attached hydrogens (tertiary/aromatic N) is 3. The van der Waals surface area contributed by atoms with Gasteiger partial charge in [0.2, 0.25) is 0 Å². The zero-order valence-electron chi connectivity index (χ0n) is 12.7. The quantitative estimate of drug-likeness (QED) is 0.888. The number of aromatic nitrogens is 2. The predicted octanol–water partition coefficient (Wildman–Crippen LogP) is 1.48. The molecular formula is C16H19ClN4O2. The summed E-state index contributed by atoms with van der Waals surface area (Å²) in [4.78, 5) is 16.5. The molecule has 1 aromatic heterocycles. The first-order valence-corrected chi connectivity index (χ1v) is 7.99. The van der Waals surface area contributed by atoms with Gasteiger partial charge >= 0.3 is 0 Å². The van der Waals surface area contributed by atoms with Gasteiger partial charge in [0.15, 0.2) is 0 Å². The van der Waals surface area contributed by atoms with Crippen LogP contribution in [0.4, 0.5) is 0 Å². The van der Waals surface area contributed by atoms with E-state index < -0.39 is 0 Å². The number of nitrogens with one attached hydrogen (secondary N) is 1. The molecule has 7 heteroatoms. The molecule has 122 valence electrons. The highest BCUT2D eigenvalue weighted by Gasteiger charge is 2.23. The van der Waals surface area contributed by atoms with Crippen molar-refractivity contribution in [3.8, 4) is 11.3 Å². The topological polar surface area (TPSA) is 72.5 Å². The molecule has 0 saturated carbocycles. The van der Waals surface area contributed by atoms with Gasteiger partial charge < -0.3 is 10.0 Å². The van der Waals surface area contributed by atoms with Gasteiger partial charge in [0, 0.05) is 43.3 Å². The number of hydrogen-bond acceptors (Lipinski definition) is 4. The van der Waals surface area contributed by atoms with Crippen LogP contribution in [0.25, 0.3) is 11.3 Å². The number of piperazine rings is 1. The van der Waals surface area contributed by atoms with Gasteiger partial charge in [-0.2, -0.15) is 5.10 Å². The van der Waals surface area contributed by atoms with E-state index in [1.807, 2.05) is 23.1 Å². The number of aliphatic hydroxyl groups excluding tert-OH is 1. The Morgan fingerprint density at radius 3 is 2.74 bits per heavy atom. The van der Waals surface area contributed by atoms with Gasteiger partial charge in [-0.15, -0.1) is 0 Å². The normalized spacial score (nSPS) is 15.8. The molecule has 0 radical (unpaired) electrons. The van der Waals surface area contributed by atoms with Crippen LogP contribution in [0.2, 0.25) is 5.02 Å². The summed E-state index contributed by atoms with van der Waals surface area (Å²) in [5.41, 5.74) is 2.06. The molecule has 3 rings (SSSR count). The Morgan fingerprint density at radius 2 is 2.04 bits per heavy atom. The van der Waals surface area contributed by atoms with Gasteiger partial charge in [-0.1, -0.05) is 23.7 Å². The van der Waals surface area contributed by atoms with Crippen LogP contribution in [0.1, 0.15) is 10.5 Å². The molecular weight excluding hydrogens is 316 g/mol. The number of halogens is 1. The number of carbonyl (C=O) groups excluding carboxylic acids is 1. The molecule has 2 heterocycles. The zero-order chi connectivity index (χ0) is 16.2. The van der Waals surface area contributed by atoms with Crippen LogP contribution >= 0.6 is 11.6 Å². The Morgan fingerprint density at radius 1 is 1.26 bits per heavy atom. The van der Waals surface area contributed by atoms with Crippen LogP contribution in [0.15, 0.2) is 30.3 Å². The molecule has 1 amide bonds. The second kappa shape index (κ2) is 7.12. The first-order chi connectivity index (χ1) is 11.2. The van der Waals surface area contributed by atoms with E-state index in [1.165, 1.54) is 0 Å². The molecule has 1 aromatic carbocycles. The van der Waals surface area contributed by atoms with E-state index in [0.717, 1.165) is 18.7 Å². The minimum Gasteiger partial charge on any atom is -0.395 e. The maximum absolute atomic E-state index is 12.5. The van der Waals surface area contributed by atoms with Gasteiger partial charge in [0.25, 0.3) is 5.91 Å². The summed E-state index contributed by atoms with van der Waals surface area (Å²) in [6, 6.07) is 9.14. The Hall–Kier alpha value is -1.89. The van der Waals surface area contributed by atoms with Gasteiger partial charge in [0.05, 0.1) is 12.3 Å². The maximum Gasteiger partial charge on any atom is 0.271 e. The standard InChI is InChI=1S/C16H19ClN4O2/c17-13-3-1-2-12(10-13)14-11-15(19-18-14)16(23)21-6-4-20(5-7-21)8-9-22/h1-3,10-11,22H,4-9H2,(H,18,19). The molecule has 2 N–H and O–H groups in total. The summed E-state index contributed by atoms with van der Waals surface area (Å²) in [6.07, 6.45) is 0. The molecule has 23 heavy (non-hydrogen) atoms. The van der Waals surface area contributed by atoms with Crippen molar-refractivity contribution >= 4 is 17.5 Å². The lowest BCUT2D eigenvalue weighted by atomic mass is 10.1. The van der Waals surface area contributed by atoms with Gasteiger partial charge in [-0.3, -0.25) is 14.8 Å². The van der Waals surface area contributed by atoms with Crippen LogP contribution in [0.3, 0.4) is 0 Å². The highest BCUT2D eigenvalue weighted by Crippen LogP contribution is 2.22. The first kappa shape index (κ1) is 16.0. The van der Waals surface area contributed by atoms with E-state index in [0.29, 0.717) is 36.0 Å². The molecule has 0 aliphatic carbocycles. The number of β-amino-alcohol motifs (C(OH)–C–C–N with tert-alkyl or cyclic N) is 1. The Balaban J connectivity index is 1.67. The van der Waals surface area contributed by atoms with Crippen molar-refractivity contribution < 1.29 is 9.90 Å². The average molecular weight is 335 g/mol. The third-order valence-corrected chi connectivity index (χ3v) is 4.24. The lowest BCUT2D eigenvalue weighted by Gasteiger charge is -2.34. The van der Waals surface area contributed by atoms with Crippen molar-refractivity contribution in [2.24, 2.45) is 0 Å². The van der Waals surface area contributed by atoms with E-state index in [1.54, 1.807) is 12.1 Å². The minimum absolute atomic E-state index is 0.0468. The molecule has 2 aromatic rings. The van der Waals surface area contributed by atoms with Gasteiger partial charge in [0.1, 0.15) is 5.69 Å². The Labute approximate surface area is 139 Å². The van der Waals surface area contributed by atoms with Crippen molar-refractivity contribution in [3.63, 3.8) is 0 Å². The molecule has 6 nitrogen and oxygen atoms in total. The van der Waals surface area contributed by atoms with E-state index >= 15 is 0 Å². The van der Waals surface area contributed by atoms with Gasteiger partial charge in [-0.25, -0.2) is 0 Å². The van der Waals surface area contributed by atoms with Crippen LogP contribution in [-0.2, 0) is 0 Å². The summed E-state index contributed by atoms with van der Waals surface area (Å²) in [5, 5.41) is 16.6. The first-order valence-electron chi connectivity index (χ1n) is 7.61. The number of benzene rings is 1. The summed E-state index contributed by atoms with van der Waals surface area (Å²) in [5.74, 6) is -0.0468. The lowest BCUT2D eigenvalue weighted by molar-refractivity contribution is 0.0609. The van der Waals surface area contributed by atoms with E-state index in [4.69, 9.17) is 16.7 Å². The summed E-state index contributed by atoms with van der Waals surface area (Å²) < 4.78 is 0. The van der Waals surface area contributed by atoms with Crippen molar-refractivity contribution in [1.82, 2.24) is 20.0 Å². The highest BCUT2D eigenvalue weighted by molar-refractivity contribution is 6.30. The van der Waals surface area contributed by atoms with E-state index in [-0.39, 0.29) is 12.5 Å². The molecule has 1 saturated heterocycles. The fourth-order valence-corrected chi connectivity index (χ4v) is 2.90. The SMILES string of the molecule is O=C(c1cc(-c2cccc(Cl)c2)n[nH]1)N1CCN(CCO)CC1. The number of amides is 1. The smallest absolute Gasteiger partial charge is 0.271 e. The Kier molecular flexibility index (Phi) is 4.95. The van der Waals surface area contributed by atoms with Crippen LogP contribution < -0.4 is 0 Å². The third-order valence-electron chi connectivity index (χ3n) is 4.00. The molecule has 0 spiro atoms. The summed E-state index contributed by atoms with van der Waals surface area (Å²) in [7, 11) is 0. The number of H-pyrrole nitrogens is 1. The molecule has 1 aliphatic rings. The fourth-order valence-electron chi connectivity index (χ4n) is 2.71. The summed E-state index contributed by atoms with van der Waals surface area (Å²) >= 11 is 5.99. The second-order valence-corrected chi connectivity index (χ2v) is 5.97. The monoisotopic (exact) mass is 334 g/mol. The molecule has 1 fully saturated rings. The highest BCUT2D eigenvalue weighted by atomic mass is 35.5. The molecule has 0 unspecified atom stereocenters. The zero-order valence-corrected chi connectivity index (χ0v) is 13.5. The molecule has 0 bridgehead atoms. The number of rotatable bonds is 4. The Bertz CT molecular complexity index is 680. The minimum atomic E-state index is -0.0468. The van der Waals surface area contributed by atoms with Crippen molar-refractivity contribution in [3.05, 3.63) is 41.0 Å². The molecule has 0 atom stereocenters. The second-order valence-electron chi connectivity index (χ2n) is 5.53. The van der Waals surface area contributed by atoms with Crippen molar-refractivity contribution in [2.45, 2.75) is 0 Å². The van der Waals surface area contributed by atoms with E-state index in [9.17, 15) is 4.79 Å². The third kappa shape index (κ3) is 3.72. The average Bonchev–Trinajstić information content (AvgIpc) is 3.05. The molecule has 1 aliphatic heterocycles. The number of carbonyl (C=O) groups is 1. The number of aromatic amines is 1. The lowest BCUT2D eigenvalue weighted by Crippen LogP contribution is -2.49. The van der Waals surface area contributed by atoms with Crippen molar-refractivity contribution in [1.29, 1.82) is 0 Å². The van der Waals surface area contributed by atoms with Crippen molar-refractivity contribution in [2.75, 3.05) is 39.3 Å². The summed E-state index contributed by atoms with van der Waals surface area (Å²) in [6.45, 7) is 3.68. The van der Waals surface area contributed by atoms with E-state index in [2.05, 4.69) is 15.1 Å².